The zero-order valence-electron chi connectivity index (χ0n) is 20.5. The second-order valence-corrected chi connectivity index (χ2v) is 10.6. The highest BCUT2D eigenvalue weighted by atomic mass is 16.6. The van der Waals surface area contributed by atoms with E-state index >= 15 is 0 Å². The predicted molar refractivity (Wildman–Crippen MR) is 130 cm³/mol. The quantitative estimate of drug-likeness (QED) is 0.421. The number of hydrogen-bond acceptors (Lipinski definition) is 7. The maximum atomic E-state index is 11.7. The van der Waals surface area contributed by atoms with Gasteiger partial charge in [0.15, 0.2) is 0 Å². The summed E-state index contributed by atoms with van der Waals surface area (Å²) in [5.41, 5.74) is 1.50. The average Bonchev–Trinajstić information content (AvgIpc) is 3.20. The highest BCUT2D eigenvalue weighted by Crippen LogP contribution is 2.58. The Labute approximate surface area is 203 Å². The molecule has 4 saturated carbocycles. The fourth-order valence-corrected chi connectivity index (χ4v) is 7.20. The normalized spacial score (nSPS) is 27.4. The minimum Gasteiger partial charge on any atom is -0.348 e. The Balaban J connectivity index is 1.57. The minimum atomic E-state index is -0.394. The molecule has 186 valence electrons. The van der Waals surface area contributed by atoms with Gasteiger partial charge in [-0.3, -0.25) is 29.6 Å². The fourth-order valence-electron chi connectivity index (χ4n) is 7.20. The molecule has 4 bridgehead atoms. The van der Waals surface area contributed by atoms with Crippen LogP contribution in [-0.4, -0.2) is 39.8 Å². The van der Waals surface area contributed by atoms with Crippen LogP contribution in [0.4, 0.5) is 11.4 Å². The molecule has 0 saturated heterocycles. The molecule has 0 radical (unpaired) electrons. The second kappa shape index (κ2) is 8.31. The van der Waals surface area contributed by atoms with Crippen molar-refractivity contribution in [2.75, 3.05) is 0 Å². The Morgan fingerprint density at radius 1 is 0.829 bits per heavy atom. The summed E-state index contributed by atoms with van der Waals surface area (Å²) >= 11 is 0. The molecule has 0 N–H and O–H groups in total. The van der Waals surface area contributed by atoms with E-state index in [1.165, 1.54) is 28.6 Å². The lowest BCUT2D eigenvalue weighted by molar-refractivity contribution is -0.385. The third kappa shape index (κ3) is 3.92. The van der Waals surface area contributed by atoms with E-state index in [1.54, 1.807) is 40.1 Å². The first-order valence-electron chi connectivity index (χ1n) is 12.1. The molecular weight excluding hydrogens is 450 g/mol. The van der Waals surface area contributed by atoms with Crippen LogP contribution in [0.1, 0.15) is 61.3 Å². The van der Waals surface area contributed by atoms with Crippen LogP contribution in [-0.2, 0) is 14.1 Å². The number of aryl methyl sites for hydroxylation is 4. The van der Waals surface area contributed by atoms with Crippen molar-refractivity contribution < 1.29 is 9.85 Å². The number of hydrogen-bond donors (Lipinski definition) is 0. The van der Waals surface area contributed by atoms with Gasteiger partial charge in [-0.1, -0.05) is 0 Å². The molecule has 2 aromatic heterocycles. The first kappa shape index (κ1) is 23.3. The minimum absolute atomic E-state index is 0.00362. The maximum absolute atomic E-state index is 11.7. The lowest BCUT2D eigenvalue weighted by Gasteiger charge is -2.59. The topological polar surface area (TPSA) is 125 Å². The summed E-state index contributed by atoms with van der Waals surface area (Å²) in [6.45, 7) is 3.27. The molecule has 2 heterocycles. The smallest absolute Gasteiger partial charge is 0.317 e. The van der Waals surface area contributed by atoms with Crippen LogP contribution in [0.5, 0.6) is 0 Å². The first-order valence-corrected chi connectivity index (χ1v) is 12.1. The third-order valence-electron chi connectivity index (χ3n) is 8.17. The zero-order chi connectivity index (χ0) is 25.1. The van der Waals surface area contributed by atoms with Gasteiger partial charge in [-0.05, 0) is 82.3 Å². The molecule has 0 unspecified atom stereocenters. The molecule has 4 fully saturated rings. The standard InChI is InChI=1S/C24H31N7O4/c1-15-22(30(32)33)20(27(3)25-15)5-7-29(8-6-21-23(31(34)35)16(2)26-28(21)4)24-12-17-9-18(13-24)11-19(10-17)14-24/h5-8,17-19H,9-14H2,1-4H3/b7-5+,8-6+. The molecule has 0 aromatic carbocycles. The molecule has 11 heteroatoms. The first-order chi connectivity index (χ1) is 16.6. The van der Waals surface area contributed by atoms with Crippen LogP contribution in [0.15, 0.2) is 12.4 Å². The number of rotatable bonds is 7. The zero-order valence-corrected chi connectivity index (χ0v) is 20.5. The van der Waals surface area contributed by atoms with Crippen molar-refractivity contribution >= 4 is 23.5 Å². The molecule has 6 rings (SSSR count). The van der Waals surface area contributed by atoms with Gasteiger partial charge in [0, 0.05) is 32.0 Å². The average molecular weight is 482 g/mol. The Hall–Kier alpha value is -3.50. The summed E-state index contributed by atoms with van der Waals surface area (Å²) in [4.78, 5) is 24.8. The van der Waals surface area contributed by atoms with Crippen LogP contribution in [0, 0.1) is 51.8 Å². The Morgan fingerprint density at radius 3 is 1.54 bits per heavy atom. The molecular formula is C24H31N7O4. The number of nitrogens with zero attached hydrogens (tertiary/aromatic N) is 7. The van der Waals surface area contributed by atoms with Gasteiger partial charge in [0.2, 0.25) is 0 Å². The van der Waals surface area contributed by atoms with E-state index in [0.717, 1.165) is 19.3 Å². The van der Waals surface area contributed by atoms with Crippen LogP contribution < -0.4 is 0 Å². The van der Waals surface area contributed by atoms with Gasteiger partial charge < -0.3 is 4.90 Å². The lowest BCUT2D eigenvalue weighted by atomic mass is 9.52. The molecule has 2 aromatic rings. The highest BCUT2D eigenvalue weighted by Gasteiger charge is 2.52. The highest BCUT2D eigenvalue weighted by molar-refractivity contribution is 5.61. The molecule has 11 nitrogen and oxygen atoms in total. The Morgan fingerprint density at radius 2 is 1.20 bits per heavy atom. The molecule has 0 spiro atoms. The SMILES string of the molecule is Cc1nn(C)c(/C=C/N(/C=C/c2c([N+](=O)[O-])c(C)nn2C)C23CC4CC(CC(C4)C2)C3)c1[N+](=O)[O-]. The van der Waals surface area contributed by atoms with E-state index in [1.807, 2.05) is 12.4 Å². The van der Waals surface area contributed by atoms with E-state index in [9.17, 15) is 20.2 Å². The van der Waals surface area contributed by atoms with Crippen molar-refractivity contribution in [2.45, 2.75) is 57.9 Å². The number of nitro groups is 2. The monoisotopic (exact) mass is 481 g/mol. The van der Waals surface area contributed by atoms with Crippen LogP contribution >= 0.6 is 0 Å². The van der Waals surface area contributed by atoms with Crippen molar-refractivity contribution in [3.8, 4) is 0 Å². The molecule has 0 atom stereocenters. The Kier molecular flexibility index (Phi) is 5.52. The van der Waals surface area contributed by atoms with Gasteiger partial charge in [-0.2, -0.15) is 10.2 Å². The summed E-state index contributed by atoms with van der Waals surface area (Å²) in [6.07, 6.45) is 14.3. The summed E-state index contributed by atoms with van der Waals surface area (Å²) in [5.74, 6) is 2.06. The Bertz CT molecular complexity index is 1150. The van der Waals surface area contributed by atoms with E-state index in [4.69, 9.17) is 0 Å². The van der Waals surface area contributed by atoms with E-state index in [0.29, 0.717) is 40.5 Å². The van der Waals surface area contributed by atoms with Gasteiger partial charge in [0.25, 0.3) is 0 Å². The summed E-state index contributed by atoms with van der Waals surface area (Å²) < 4.78 is 3.06. The van der Waals surface area contributed by atoms with Crippen molar-refractivity contribution in [1.29, 1.82) is 0 Å². The molecule has 35 heavy (non-hydrogen) atoms. The van der Waals surface area contributed by atoms with Gasteiger partial charge in [-0.25, -0.2) is 0 Å². The van der Waals surface area contributed by atoms with E-state index in [2.05, 4.69) is 15.1 Å². The van der Waals surface area contributed by atoms with Crippen molar-refractivity contribution in [3.05, 3.63) is 55.4 Å². The van der Waals surface area contributed by atoms with Crippen molar-refractivity contribution in [3.63, 3.8) is 0 Å². The molecule has 4 aliphatic carbocycles. The third-order valence-corrected chi connectivity index (χ3v) is 8.17. The molecule has 0 aliphatic heterocycles. The van der Waals surface area contributed by atoms with E-state index in [-0.39, 0.29) is 16.9 Å². The van der Waals surface area contributed by atoms with Gasteiger partial charge >= 0.3 is 11.4 Å². The number of aromatic nitrogens is 4. The largest absolute Gasteiger partial charge is 0.348 e. The summed E-state index contributed by atoms with van der Waals surface area (Å²) in [6, 6.07) is 0. The molecule has 0 amide bonds. The lowest BCUT2D eigenvalue weighted by Crippen LogP contribution is -2.57. The van der Waals surface area contributed by atoms with Gasteiger partial charge in [-0.15, -0.1) is 0 Å². The van der Waals surface area contributed by atoms with Crippen molar-refractivity contribution in [1.82, 2.24) is 24.5 Å². The van der Waals surface area contributed by atoms with Gasteiger partial charge in [0.1, 0.15) is 22.8 Å². The molecule has 4 aliphatic rings. The van der Waals surface area contributed by atoms with Crippen LogP contribution in [0.3, 0.4) is 0 Å². The van der Waals surface area contributed by atoms with Crippen LogP contribution in [0.25, 0.3) is 12.2 Å². The van der Waals surface area contributed by atoms with Crippen molar-refractivity contribution in [2.24, 2.45) is 31.8 Å². The van der Waals surface area contributed by atoms with Gasteiger partial charge in [0.05, 0.1) is 9.85 Å². The van der Waals surface area contributed by atoms with Crippen LogP contribution in [0.2, 0.25) is 0 Å². The predicted octanol–water partition coefficient (Wildman–Crippen LogP) is 4.50. The second-order valence-electron chi connectivity index (χ2n) is 10.6. The fraction of sp³-hybridized carbons (Fsp3) is 0.583. The maximum Gasteiger partial charge on any atom is 0.317 e. The van der Waals surface area contributed by atoms with E-state index < -0.39 is 9.85 Å². The summed E-state index contributed by atoms with van der Waals surface area (Å²) in [7, 11) is 3.40. The summed E-state index contributed by atoms with van der Waals surface area (Å²) in [5, 5.41) is 31.9.